The zero-order chi connectivity index (χ0) is 8.58. The fourth-order valence-corrected chi connectivity index (χ4v) is 0.393. The Bertz CT molecular complexity index is 121. The molecule has 0 fully saturated rings. The zero-order valence-corrected chi connectivity index (χ0v) is 6.43. The van der Waals surface area contributed by atoms with Crippen molar-refractivity contribution >= 4 is 27.9 Å². The lowest BCUT2D eigenvalue weighted by atomic mass is 10.6. The summed E-state index contributed by atoms with van der Waals surface area (Å²) in [6.45, 7) is 0. The summed E-state index contributed by atoms with van der Waals surface area (Å²) in [4.78, 5) is 0. The van der Waals surface area contributed by atoms with Crippen molar-refractivity contribution in [2.45, 2.75) is 12.2 Å². The van der Waals surface area contributed by atoms with Crippen LogP contribution in [-0.4, -0.2) is 15.7 Å². The summed E-state index contributed by atoms with van der Waals surface area (Å²) >= 11 is 6.09. The molecule has 10 heavy (non-hydrogen) atoms. The van der Waals surface area contributed by atoms with Crippen molar-refractivity contribution in [1.29, 1.82) is 0 Å². The average Bonchev–Trinajstić information content (AvgIpc) is 1.62. The van der Waals surface area contributed by atoms with Gasteiger partial charge in [0.1, 0.15) is 0 Å². The third kappa shape index (κ3) is 1.93. The van der Waals surface area contributed by atoms with E-state index in [0.717, 1.165) is 0 Å². The molecular formula is C2BrClF5N. The number of hydrogen-bond acceptors (Lipinski definition) is 1. The maximum absolute atomic E-state index is 11.7. The predicted octanol–water partition coefficient (Wildman–Crippen LogP) is 2.91. The van der Waals surface area contributed by atoms with Gasteiger partial charge in [0, 0.05) is 16.1 Å². The van der Waals surface area contributed by atoms with E-state index in [1.807, 2.05) is 0 Å². The van der Waals surface area contributed by atoms with E-state index in [2.05, 4.69) is 11.8 Å². The van der Waals surface area contributed by atoms with Crippen LogP contribution in [0, 0.1) is 0 Å². The van der Waals surface area contributed by atoms with Gasteiger partial charge in [-0.25, -0.2) is 0 Å². The normalized spacial score (nSPS) is 14.4. The topological polar surface area (TPSA) is 3.24 Å². The van der Waals surface area contributed by atoms with Crippen LogP contribution in [0.1, 0.15) is 0 Å². The van der Waals surface area contributed by atoms with Crippen LogP contribution in [-0.2, 0) is 0 Å². The third-order valence-electron chi connectivity index (χ3n) is 0.553. The Morgan fingerprint density at radius 1 is 1.10 bits per heavy atom. The molecule has 8 heteroatoms. The average molecular weight is 248 g/mol. The summed E-state index contributed by atoms with van der Waals surface area (Å²) < 4.78 is 56.0. The fourth-order valence-electron chi connectivity index (χ4n) is 0.0958. The van der Waals surface area contributed by atoms with Gasteiger partial charge in [0.05, 0.1) is 0 Å². The van der Waals surface area contributed by atoms with Crippen molar-refractivity contribution in [3.05, 3.63) is 0 Å². The molecule has 0 saturated heterocycles. The summed E-state index contributed by atoms with van der Waals surface area (Å²) in [5.41, 5.74) is 0. The number of halogens is 7. The molecule has 0 aliphatic carbocycles. The van der Waals surface area contributed by atoms with Gasteiger partial charge in [0.2, 0.25) is 0 Å². The van der Waals surface area contributed by atoms with E-state index in [-0.39, 0.29) is 0 Å². The van der Waals surface area contributed by atoms with Crippen molar-refractivity contribution in [2.75, 3.05) is 0 Å². The molecule has 0 N–H and O–H groups in total. The summed E-state index contributed by atoms with van der Waals surface area (Å²) in [7, 11) is 0. The van der Waals surface area contributed by atoms with Gasteiger partial charge in [-0.05, 0) is 11.8 Å². The standard InChI is InChI=1S/C2BrClF5N/c3-10(4)2(8,9)1(5,6)7. The quantitative estimate of drug-likeness (QED) is 0.392. The molecule has 0 atom stereocenters. The minimum atomic E-state index is -5.67. The predicted molar refractivity (Wildman–Crippen MR) is 27.6 cm³/mol. The number of rotatable bonds is 1. The van der Waals surface area contributed by atoms with Crippen molar-refractivity contribution in [3.63, 3.8) is 0 Å². The maximum Gasteiger partial charge on any atom is 0.471 e. The molecule has 0 heterocycles. The lowest BCUT2D eigenvalue weighted by molar-refractivity contribution is -0.305. The van der Waals surface area contributed by atoms with Gasteiger partial charge < -0.3 is 0 Å². The Labute approximate surface area is 66.2 Å². The van der Waals surface area contributed by atoms with Crippen molar-refractivity contribution in [3.8, 4) is 0 Å². The summed E-state index contributed by atoms with van der Waals surface area (Å²) in [5, 5.41) is 0. The second-order valence-electron chi connectivity index (χ2n) is 1.27. The van der Waals surface area contributed by atoms with Crippen LogP contribution in [0.25, 0.3) is 0 Å². The lowest BCUT2D eigenvalue weighted by Gasteiger charge is -2.21. The third-order valence-corrected chi connectivity index (χ3v) is 1.21. The Morgan fingerprint density at radius 2 is 1.40 bits per heavy atom. The van der Waals surface area contributed by atoms with Crippen molar-refractivity contribution in [1.82, 2.24) is 3.45 Å². The summed E-state index contributed by atoms with van der Waals surface area (Å²) in [5.74, 6) is 0. The highest BCUT2D eigenvalue weighted by Crippen LogP contribution is 2.40. The van der Waals surface area contributed by atoms with Crippen LogP contribution in [0.15, 0.2) is 0 Å². The first-order valence-corrected chi connectivity index (χ1v) is 2.80. The smallest absolute Gasteiger partial charge is 0.175 e. The van der Waals surface area contributed by atoms with Gasteiger partial charge in [-0.1, -0.05) is 3.45 Å². The van der Waals surface area contributed by atoms with E-state index < -0.39 is 15.7 Å². The van der Waals surface area contributed by atoms with Crippen LogP contribution < -0.4 is 0 Å². The van der Waals surface area contributed by atoms with E-state index in [0.29, 0.717) is 0 Å². The van der Waals surface area contributed by atoms with Gasteiger partial charge in [-0.2, -0.15) is 22.0 Å². The van der Waals surface area contributed by atoms with Gasteiger partial charge in [0.15, 0.2) is 0 Å². The van der Waals surface area contributed by atoms with Gasteiger partial charge >= 0.3 is 12.2 Å². The Morgan fingerprint density at radius 3 is 1.40 bits per heavy atom. The molecule has 0 aliphatic heterocycles. The van der Waals surface area contributed by atoms with Gasteiger partial charge in [-0.15, -0.1) is 0 Å². The van der Waals surface area contributed by atoms with Crippen molar-refractivity contribution < 1.29 is 22.0 Å². The second kappa shape index (κ2) is 2.78. The largest absolute Gasteiger partial charge is 0.471 e. The summed E-state index contributed by atoms with van der Waals surface area (Å²) in [6.07, 6.45) is -5.67. The molecule has 0 aromatic carbocycles. The van der Waals surface area contributed by atoms with Gasteiger partial charge in [0.25, 0.3) is 0 Å². The van der Waals surface area contributed by atoms with E-state index in [1.54, 1.807) is 16.1 Å². The molecule has 0 rings (SSSR count). The highest BCUT2D eigenvalue weighted by atomic mass is 79.9. The van der Waals surface area contributed by atoms with Crippen molar-refractivity contribution in [2.24, 2.45) is 0 Å². The molecule has 0 unspecified atom stereocenters. The molecule has 0 amide bonds. The maximum atomic E-state index is 11.7. The lowest BCUT2D eigenvalue weighted by Crippen LogP contribution is -2.43. The monoisotopic (exact) mass is 247 g/mol. The molecule has 0 aromatic rings. The first-order chi connectivity index (χ1) is 4.19. The van der Waals surface area contributed by atoms with E-state index in [1.165, 1.54) is 0 Å². The van der Waals surface area contributed by atoms with E-state index in [9.17, 15) is 22.0 Å². The van der Waals surface area contributed by atoms with Crippen LogP contribution in [0.2, 0.25) is 0 Å². The Hall–Kier alpha value is 0.380. The van der Waals surface area contributed by atoms with Crippen LogP contribution in [0.3, 0.4) is 0 Å². The van der Waals surface area contributed by atoms with Crippen LogP contribution >= 0.6 is 27.9 Å². The number of nitrogens with zero attached hydrogens (tertiary/aromatic N) is 1. The molecule has 62 valence electrons. The number of alkyl halides is 5. The first kappa shape index (κ1) is 10.4. The molecule has 0 spiro atoms. The van der Waals surface area contributed by atoms with Crippen LogP contribution in [0.4, 0.5) is 22.0 Å². The minimum absolute atomic E-state index is 0.903. The molecular weight excluding hydrogens is 248 g/mol. The molecule has 0 radical (unpaired) electrons. The van der Waals surface area contributed by atoms with E-state index >= 15 is 0 Å². The Kier molecular flexibility index (Phi) is 2.89. The highest BCUT2D eigenvalue weighted by Gasteiger charge is 2.61. The highest BCUT2D eigenvalue weighted by molar-refractivity contribution is 9.08. The second-order valence-corrected chi connectivity index (χ2v) is 2.73. The zero-order valence-electron chi connectivity index (χ0n) is 4.09. The van der Waals surface area contributed by atoms with Gasteiger partial charge in [-0.3, -0.25) is 0 Å². The number of hydrogen-bond donors (Lipinski definition) is 0. The Balaban J connectivity index is 4.40. The minimum Gasteiger partial charge on any atom is -0.175 e. The molecule has 1 nitrogen and oxygen atoms in total. The fraction of sp³-hybridized carbons (Fsp3) is 1.00. The first-order valence-electron chi connectivity index (χ1n) is 1.76. The molecule has 0 saturated carbocycles. The molecule has 0 aromatic heterocycles. The van der Waals surface area contributed by atoms with E-state index in [4.69, 9.17) is 0 Å². The summed E-state index contributed by atoms with van der Waals surface area (Å²) in [6, 6.07) is -5.05. The SMILES string of the molecule is FC(F)(F)C(F)(F)N(Cl)Br. The molecule has 0 aliphatic rings. The van der Waals surface area contributed by atoms with Crippen LogP contribution in [0.5, 0.6) is 0 Å². The molecule has 0 bridgehead atoms.